The number of nitrogens with one attached hydrogen (secondary N) is 3. The van der Waals surface area contributed by atoms with E-state index in [1.54, 1.807) is 6.20 Å². The van der Waals surface area contributed by atoms with Gasteiger partial charge in [0.1, 0.15) is 11.6 Å². The van der Waals surface area contributed by atoms with Crippen molar-refractivity contribution in [3.8, 4) is 0 Å². The summed E-state index contributed by atoms with van der Waals surface area (Å²) < 4.78 is 0. The third kappa shape index (κ3) is 4.83. The maximum absolute atomic E-state index is 12.9. The second-order valence-corrected chi connectivity index (χ2v) is 10.4. The smallest absolute Gasteiger partial charge is 0.258 e. The van der Waals surface area contributed by atoms with E-state index in [9.17, 15) is 4.79 Å². The summed E-state index contributed by atoms with van der Waals surface area (Å²) in [5.41, 5.74) is 2.75. The molecule has 0 radical (unpaired) electrons. The van der Waals surface area contributed by atoms with Gasteiger partial charge in [-0.1, -0.05) is 0 Å². The number of hydrogen-bond acceptors (Lipinski definition) is 7. The van der Waals surface area contributed by atoms with Crippen LogP contribution in [0.1, 0.15) is 47.8 Å². The summed E-state index contributed by atoms with van der Waals surface area (Å²) in [4.78, 5) is 32.8. The van der Waals surface area contributed by atoms with Crippen molar-refractivity contribution in [3.05, 3.63) is 47.9 Å². The predicted molar refractivity (Wildman–Crippen MR) is 143 cm³/mol. The topological polar surface area (TPSA) is 92.4 Å². The van der Waals surface area contributed by atoms with Gasteiger partial charge in [-0.25, -0.2) is 9.97 Å². The number of amides is 1. The summed E-state index contributed by atoms with van der Waals surface area (Å²) in [5.74, 6) is 1.29. The van der Waals surface area contributed by atoms with Crippen molar-refractivity contribution < 1.29 is 4.79 Å². The lowest BCUT2D eigenvalue weighted by molar-refractivity contribution is 0.102. The first-order valence-corrected chi connectivity index (χ1v) is 13.3. The van der Waals surface area contributed by atoms with Crippen LogP contribution in [0.15, 0.2) is 36.7 Å². The van der Waals surface area contributed by atoms with Crippen molar-refractivity contribution in [1.29, 1.82) is 0 Å². The number of piperazine rings is 1. The second-order valence-electron chi connectivity index (χ2n) is 10.4. The van der Waals surface area contributed by atoms with Crippen molar-refractivity contribution in [3.63, 3.8) is 0 Å². The van der Waals surface area contributed by atoms with Gasteiger partial charge in [0.2, 0.25) is 0 Å². The molecule has 9 heteroatoms. The Hall–Kier alpha value is -3.01. The molecule has 3 aromatic rings. The number of H-pyrrole nitrogens is 1. The molecule has 6 rings (SSSR count). The summed E-state index contributed by atoms with van der Waals surface area (Å²) in [6.07, 6.45) is 8.21. The minimum atomic E-state index is -0.194. The fraction of sp³-hybridized carbons (Fsp3) is 0.519. The zero-order chi connectivity index (χ0) is 24.5. The normalized spacial score (nSPS) is 22.4. The number of piperidine rings is 1. The summed E-state index contributed by atoms with van der Waals surface area (Å²) in [6.45, 7) is 7.63. The molecule has 6 heterocycles. The maximum atomic E-state index is 12.9. The van der Waals surface area contributed by atoms with Crippen LogP contribution in [-0.4, -0.2) is 89.6 Å². The standard InChI is InChI=1S/C27H36N8O/c1-33-10-2-3-24(33)23-15-20-18-29-25(16-22(20)31-23)32-27(36)19-4-5-26(30-17-19)35-11-6-21(7-12-35)34-13-8-28-9-14-34/h4-5,15-18,21,24,28,31H,2-3,6-14H2,1H3,(H,29,32,36)/t24-/m1/s1. The van der Waals surface area contributed by atoms with Gasteiger partial charge in [-0.3, -0.25) is 14.6 Å². The average Bonchev–Trinajstić information content (AvgIpc) is 3.54. The molecule has 3 aliphatic rings. The monoisotopic (exact) mass is 488 g/mol. The zero-order valence-electron chi connectivity index (χ0n) is 21.0. The van der Waals surface area contributed by atoms with Crippen LogP contribution in [0.4, 0.5) is 11.6 Å². The molecule has 1 amide bonds. The predicted octanol–water partition coefficient (Wildman–Crippen LogP) is 2.85. The van der Waals surface area contributed by atoms with Crippen LogP contribution < -0.4 is 15.5 Å². The van der Waals surface area contributed by atoms with E-state index in [1.807, 2.05) is 24.4 Å². The van der Waals surface area contributed by atoms with Crippen LogP contribution in [0.25, 0.3) is 10.9 Å². The summed E-state index contributed by atoms with van der Waals surface area (Å²) >= 11 is 0. The Balaban J connectivity index is 1.07. The molecular weight excluding hydrogens is 452 g/mol. The number of fused-ring (bicyclic) bond motifs is 1. The van der Waals surface area contributed by atoms with Crippen LogP contribution in [0.3, 0.4) is 0 Å². The molecular formula is C27H36N8O. The Morgan fingerprint density at radius 1 is 1.00 bits per heavy atom. The fourth-order valence-electron chi connectivity index (χ4n) is 6.00. The molecule has 3 fully saturated rings. The Kier molecular flexibility index (Phi) is 6.60. The minimum Gasteiger partial charge on any atom is -0.357 e. The Morgan fingerprint density at radius 3 is 2.56 bits per heavy atom. The van der Waals surface area contributed by atoms with Gasteiger partial charge in [0, 0.05) is 80.9 Å². The van der Waals surface area contributed by atoms with Gasteiger partial charge in [0.05, 0.1) is 11.1 Å². The number of rotatable bonds is 5. The van der Waals surface area contributed by atoms with E-state index in [-0.39, 0.29) is 5.91 Å². The van der Waals surface area contributed by atoms with Crippen LogP contribution in [0.2, 0.25) is 0 Å². The fourth-order valence-corrected chi connectivity index (χ4v) is 6.00. The highest BCUT2D eigenvalue weighted by molar-refractivity contribution is 6.04. The van der Waals surface area contributed by atoms with Crippen molar-refractivity contribution in [2.24, 2.45) is 0 Å². The molecule has 1 atom stereocenters. The van der Waals surface area contributed by atoms with Crippen LogP contribution in [0.5, 0.6) is 0 Å². The van der Waals surface area contributed by atoms with E-state index >= 15 is 0 Å². The van der Waals surface area contributed by atoms with Crippen LogP contribution in [0, 0.1) is 0 Å². The van der Waals surface area contributed by atoms with Crippen molar-refractivity contribution in [2.45, 2.75) is 37.8 Å². The number of anilines is 2. The number of nitrogens with zero attached hydrogens (tertiary/aromatic N) is 5. The first-order valence-electron chi connectivity index (χ1n) is 13.3. The molecule has 3 N–H and O–H groups in total. The molecule has 3 saturated heterocycles. The van der Waals surface area contributed by atoms with Gasteiger partial charge < -0.3 is 20.5 Å². The number of carbonyl (C=O) groups excluding carboxylic acids is 1. The molecule has 9 nitrogen and oxygen atoms in total. The highest BCUT2D eigenvalue weighted by Crippen LogP contribution is 2.32. The molecule has 0 spiro atoms. The van der Waals surface area contributed by atoms with Gasteiger partial charge >= 0.3 is 0 Å². The maximum Gasteiger partial charge on any atom is 0.258 e. The van der Waals surface area contributed by atoms with E-state index in [1.165, 1.54) is 12.1 Å². The van der Waals surface area contributed by atoms with Gasteiger partial charge in [0.15, 0.2) is 0 Å². The van der Waals surface area contributed by atoms with Gasteiger partial charge in [-0.15, -0.1) is 0 Å². The van der Waals surface area contributed by atoms with E-state index in [0.29, 0.717) is 23.5 Å². The first kappa shape index (κ1) is 23.4. The third-order valence-electron chi connectivity index (χ3n) is 8.11. The number of aromatic nitrogens is 3. The molecule has 0 aliphatic carbocycles. The number of aromatic amines is 1. The Bertz CT molecular complexity index is 1190. The number of pyridine rings is 2. The molecule has 0 bridgehead atoms. The van der Waals surface area contributed by atoms with E-state index in [4.69, 9.17) is 0 Å². The largest absolute Gasteiger partial charge is 0.357 e. The lowest BCUT2D eigenvalue weighted by Gasteiger charge is -2.40. The zero-order valence-corrected chi connectivity index (χ0v) is 21.0. The van der Waals surface area contributed by atoms with Gasteiger partial charge in [-0.2, -0.15) is 0 Å². The molecule has 0 aromatic carbocycles. The van der Waals surface area contributed by atoms with E-state index < -0.39 is 0 Å². The lowest BCUT2D eigenvalue weighted by Crippen LogP contribution is -2.52. The Labute approximate surface area is 212 Å². The molecule has 36 heavy (non-hydrogen) atoms. The SMILES string of the molecule is CN1CCC[C@@H]1c1cc2cnc(NC(=O)c3ccc(N4CCC(N5CCNCC5)CC4)nc3)cc2[nH]1. The van der Waals surface area contributed by atoms with Crippen LogP contribution in [-0.2, 0) is 0 Å². The highest BCUT2D eigenvalue weighted by atomic mass is 16.1. The first-order chi connectivity index (χ1) is 17.6. The van der Waals surface area contributed by atoms with Crippen LogP contribution >= 0.6 is 0 Å². The van der Waals surface area contributed by atoms with E-state index in [2.05, 4.69) is 53.4 Å². The summed E-state index contributed by atoms with van der Waals surface area (Å²) in [7, 11) is 2.17. The molecule has 3 aromatic heterocycles. The third-order valence-corrected chi connectivity index (χ3v) is 8.11. The number of carbonyl (C=O) groups is 1. The highest BCUT2D eigenvalue weighted by Gasteiger charge is 2.26. The van der Waals surface area contributed by atoms with Crippen molar-refractivity contribution >= 4 is 28.4 Å². The van der Waals surface area contributed by atoms with Crippen molar-refractivity contribution in [2.75, 3.05) is 63.1 Å². The molecule has 190 valence electrons. The Morgan fingerprint density at radius 2 is 1.83 bits per heavy atom. The lowest BCUT2D eigenvalue weighted by atomic mass is 10.0. The summed E-state index contributed by atoms with van der Waals surface area (Å²) in [5, 5.41) is 7.44. The number of hydrogen-bond donors (Lipinski definition) is 3. The summed E-state index contributed by atoms with van der Waals surface area (Å²) in [6, 6.07) is 9.01. The van der Waals surface area contributed by atoms with Crippen molar-refractivity contribution in [1.82, 2.24) is 30.1 Å². The molecule has 0 saturated carbocycles. The molecule has 3 aliphatic heterocycles. The number of likely N-dealkylation sites (tertiary alicyclic amines) is 1. The quantitative estimate of drug-likeness (QED) is 0.509. The van der Waals surface area contributed by atoms with E-state index in [0.717, 1.165) is 81.8 Å². The second kappa shape index (κ2) is 10.2. The minimum absolute atomic E-state index is 0.194. The van der Waals surface area contributed by atoms with Gasteiger partial charge in [-0.05, 0) is 57.5 Å². The molecule has 0 unspecified atom stereocenters. The van der Waals surface area contributed by atoms with Gasteiger partial charge in [0.25, 0.3) is 5.91 Å². The average molecular weight is 489 g/mol.